The lowest BCUT2D eigenvalue weighted by Gasteiger charge is -2.41. The molecule has 0 radical (unpaired) electrons. The molecule has 1 unspecified atom stereocenters. The molecule has 1 aliphatic heterocycles. The number of carboxylic acid groups (broad SMARTS) is 1. The van der Waals surface area contributed by atoms with Gasteiger partial charge in [-0.15, -0.1) is 0 Å². The summed E-state index contributed by atoms with van der Waals surface area (Å²) in [6.45, 7) is 18.0. The van der Waals surface area contributed by atoms with E-state index in [9.17, 15) is 14.3 Å². The molecule has 1 atom stereocenters. The summed E-state index contributed by atoms with van der Waals surface area (Å²) < 4.78 is 27.5. The van der Waals surface area contributed by atoms with Crippen LogP contribution in [0.15, 0.2) is 54.6 Å². The molecule has 4 aromatic rings. The Kier molecular flexibility index (Phi) is 9.78. The molecule has 8 nitrogen and oxygen atoms in total. The van der Waals surface area contributed by atoms with Crippen LogP contribution in [-0.2, 0) is 16.0 Å². The maximum absolute atomic E-state index is 13.3. The highest BCUT2D eigenvalue weighted by Crippen LogP contribution is 2.46. The molecule has 47 heavy (non-hydrogen) atoms. The van der Waals surface area contributed by atoms with Crippen molar-refractivity contribution in [3.63, 3.8) is 0 Å². The predicted molar refractivity (Wildman–Crippen MR) is 183 cm³/mol. The highest BCUT2D eigenvalue weighted by Gasteiger charge is 2.37. The summed E-state index contributed by atoms with van der Waals surface area (Å²) in [6.07, 6.45) is 1.34. The van der Waals surface area contributed by atoms with Gasteiger partial charge in [0.2, 0.25) is 0 Å². The number of rotatable bonds is 10. The van der Waals surface area contributed by atoms with Crippen molar-refractivity contribution in [2.24, 2.45) is 5.41 Å². The van der Waals surface area contributed by atoms with Crippen LogP contribution in [0.1, 0.15) is 81.8 Å². The van der Waals surface area contributed by atoms with E-state index in [0.29, 0.717) is 35.9 Å². The van der Waals surface area contributed by atoms with Crippen LogP contribution in [0.4, 0.5) is 10.1 Å². The lowest BCUT2D eigenvalue weighted by Crippen LogP contribution is -2.39. The lowest BCUT2D eigenvalue weighted by atomic mass is 9.82. The monoisotopic (exact) mass is 642 g/mol. The average molecular weight is 643 g/mol. The van der Waals surface area contributed by atoms with Crippen LogP contribution in [0.3, 0.4) is 0 Å². The van der Waals surface area contributed by atoms with E-state index in [2.05, 4.69) is 18.7 Å². The van der Waals surface area contributed by atoms with E-state index in [1.807, 2.05) is 76.6 Å². The van der Waals surface area contributed by atoms with E-state index in [1.165, 1.54) is 12.1 Å². The fourth-order valence-corrected chi connectivity index (χ4v) is 6.17. The second kappa shape index (κ2) is 13.5. The number of hydrogen-bond acceptors (Lipinski definition) is 6. The molecular weight excluding hydrogens is 595 g/mol. The number of halogens is 1. The number of anilines is 1. The topological polar surface area (TPSA) is 89.7 Å². The van der Waals surface area contributed by atoms with Gasteiger partial charge in [-0.2, -0.15) is 5.10 Å². The molecule has 0 aliphatic carbocycles. The van der Waals surface area contributed by atoms with E-state index in [0.717, 1.165) is 59.7 Å². The SMILES string of the molecule is Cc1cc(C)n(-c2nc(C)c(C(OC(C)(C)C)C(=O)O)c(N3CCC(C)(C)CC3)c2-c2ccc(OCCc3ccc(F)cc3)cc2)n1. The zero-order valence-electron chi connectivity index (χ0n) is 28.9. The van der Waals surface area contributed by atoms with Crippen LogP contribution in [-0.4, -0.2) is 51.1 Å². The quantitative estimate of drug-likeness (QED) is 0.187. The number of carbonyl (C=O) groups is 1. The van der Waals surface area contributed by atoms with Gasteiger partial charge in [-0.05, 0) is 101 Å². The van der Waals surface area contributed by atoms with Gasteiger partial charge >= 0.3 is 5.97 Å². The third-order valence-corrected chi connectivity index (χ3v) is 8.70. The molecule has 0 spiro atoms. The fraction of sp³-hybridized carbons (Fsp3) is 0.447. The number of aliphatic carboxylic acids is 1. The Morgan fingerprint density at radius 3 is 2.21 bits per heavy atom. The number of carboxylic acids is 1. The molecule has 0 saturated carbocycles. The first-order valence-corrected chi connectivity index (χ1v) is 16.3. The molecular formula is C38H47FN4O4. The summed E-state index contributed by atoms with van der Waals surface area (Å²) in [5.74, 6) is 0.0235. The minimum absolute atomic E-state index is 0.179. The minimum atomic E-state index is -1.23. The summed E-state index contributed by atoms with van der Waals surface area (Å²) >= 11 is 0. The van der Waals surface area contributed by atoms with Crippen molar-refractivity contribution in [1.29, 1.82) is 0 Å². The molecule has 1 N–H and O–H groups in total. The summed E-state index contributed by atoms with van der Waals surface area (Å²) in [5.41, 5.74) is 5.90. The Bertz CT molecular complexity index is 1710. The minimum Gasteiger partial charge on any atom is -0.493 e. The Morgan fingerprint density at radius 2 is 1.66 bits per heavy atom. The van der Waals surface area contributed by atoms with Crippen molar-refractivity contribution in [3.8, 4) is 22.7 Å². The summed E-state index contributed by atoms with van der Waals surface area (Å²) in [4.78, 5) is 20.4. The second-order valence-electron chi connectivity index (χ2n) is 14.3. The van der Waals surface area contributed by atoms with Crippen LogP contribution in [0, 0.1) is 32.0 Å². The normalized spacial score (nSPS) is 15.5. The standard InChI is InChI=1S/C38H47FN4O4/c1-24-23-25(2)43(41-24)35-32(28-11-15-30(16-12-28)46-22-17-27-9-13-29(39)14-10-27)33(42-20-18-38(7,8)19-21-42)31(26(3)40-35)34(36(44)45)47-37(4,5)6/h9-16,23,34H,17-22H2,1-8H3,(H,44,45). The van der Waals surface area contributed by atoms with Crippen LogP contribution in [0.25, 0.3) is 16.9 Å². The maximum Gasteiger partial charge on any atom is 0.337 e. The molecule has 0 amide bonds. The van der Waals surface area contributed by atoms with Crippen LogP contribution < -0.4 is 9.64 Å². The molecule has 0 bridgehead atoms. The van der Waals surface area contributed by atoms with Crippen molar-refractivity contribution in [2.75, 3.05) is 24.6 Å². The van der Waals surface area contributed by atoms with Crippen molar-refractivity contribution in [3.05, 3.63) is 88.6 Å². The van der Waals surface area contributed by atoms with Gasteiger partial charge in [0.05, 0.1) is 29.2 Å². The van der Waals surface area contributed by atoms with Crippen LogP contribution >= 0.6 is 0 Å². The molecule has 250 valence electrons. The van der Waals surface area contributed by atoms with E-state index < -0.39 is 17.7 Å². The zero-order chi connectivity index (χ0) is 34.1. The van der Waals surface area contributed by atoms with Crippen LogP contribution in [0.2, 0.25) is 0 Å². The highest BCUT2D eigenvalue weighted by molar-refractivity contribution is 5.90. The van der Waals surface area contributed by atoms with Gasteiger partial charge < -0.3 is 19.5 Å². The van der Waals surface area contributed by atoms with Gasteiger partial charge in [0.25, 0.3) is 0 Å². The van der Waals surface area contributed by atoms with Gasteiger partial charge in [0, 0.05) is 36.5 Å². The van der Waals surface area contributed by atoms with Gasteiger partial charge in [-0.25, -0.2) is 18.9 Å². The van der Waals surface area contributed by atoms with E-state index in [4.69, 9.17) is 19.6 Å². The molecule has 9 heteroatoms. The number of aryl methyl sites for hydroxylation is 3. The van der Waals surface area contributed by atoms with Gasteiger partial charge in [-0.1, -0.05) is 38.1 Å². The Labute approximate surface area is 277 Å². The van der Waals surface area contributed by atoms with Gasteiger partial charge in [-0.3, -0.25) is 0 Å². The third kappa shape index (κ3) is 8.01. The van der Waals surface area contributed by atoms with Crippen molar-refractivity contribution in [1.82, 2.24) is 14.8 Å². The van der Waals surface area contributed by atoms with E-state index in [1.54, 1.807) is 12.1 Å². The molecule has 1 saturated heterocycles. The zero-order valence-corrected chi connectivity index (χ0v) is 28.9. The smallest absolute Gasteiger partial charge is 0.337 e. The first-order valence-electron chi connectivity index (χ1n) is 16.3. The summed E-state index contributed by atoms with van der Waals surface area (Å²) in [7, 11) is 0. The number of hydrogen-bond donors (Lipinski definition) is 1. The summed E-state index contributed by atoms with van der Waals surface area (Å²) in [6, 6.07) is 16.3. The van der Waals surface area contributed by atoms with Crippen molar-refractivity contribution in [2.45, 2.75) is 86.4 Å². The van der Waals surface area contributed by atoms with E-state index >= 15 is 0 Å². The number of pyridine rings is 1. The molecule has 2 aromatic heterocycles. The maximum atomic E-state index is 13.3. The van der Waals surface area contributed by atoms with Gasteiger partial charge in [0.1, 0.15) is 11.6 Å². The van der Waals surface area contributed by atoms with E-state index in [-0.39, 0.29) is 11.2 Å². The predicted octanol–water partition coefficient (Wildman–Crippen LogP) is 8.19. The molecule has 1 aliphatic rings. The largest absolute Gasteiger partial charge is 0.493 e. The van der Waals surface area contributed by atoms with Crippen molar-refractivity contribution < 1.29 is 23.8 Å². The summed E-state index contributed by atoms with van der Waals surface area (Å²) in [5, 5.41) is 15.4. The van der Waals surface area contributed by atoms with Crippen molar-refractivity contribution >= 4 is 11.7 Å². The number of aromatic nitrogens is 3. The highest BCUT2D eigenvalue weighted by atomic mass is 19.1. The first-order chi connectivity index (χ1) is 22.1. The Balaban J connectivity index is 1.66. The molecule has 3 heterocycles. The first kappa shape index (κ1) is 34.1. The molecule has 1 fully saturated rings. The molecule has 2 aromatic carbocycles. The fourth-order valence-electron chi connectivity index (χ4n) is 6.17. The second-order valence-corrected chi connectivity index (χ2v) is 14.3. The number of piperidine rings is 1. The Hall–Kier alpha value is -4.24. The van der Waals surface area contributed by atoms with Crippen LogP contribution in [0.5, 0.6) is 5.75 Å². The lowest BCUT2D eigenvalue weighted by molar-refractivity contribution is -0.160. The van der Waals surface area contributed by atoms with Gasteiger partial charge in [0.15, 0.2) is 11.9 Å². The number of ether oxygens (including phenoxy) is 2. The number of benzene rings is 2. The number of nitrogens with zero attached hydrogens (tertiary/aromatic N) is 4. The average Bonchev–Trinajstić information content (AvgIpc) is 3.34. The Morgan fingerprint density at radius 1 is 1.02 bits per heavy atom. The third-order valence-electron chi connectivity index (χ3n) is 8.70. The molecule has 5 rings (SSSR count).